The van der Waals surface area contributed by atoms with Crippen molar-refractivity contribution in [1.29, 1.82) is 0 Å². The Bertz CT molecular complexity index is 873. The van der Waals surface area contributed by atoms with E-state index in [1.54, 1.807) is 17.7 Å². The topological polar surface area (TPSA) is 49.6 Å². The maximum Gasteiger partial charge on any atom is 0.193 e. The molecule has 5 rings (SSSR count). The highest BCUT2D eigenvalue weighted by Crippen LogP contribution is 2.34. The van der Waals surface area contributed by atoms with Crippen LogP contribution in [0.25, 0.3) is 4.96 Å². The fourth-order valence-electron chi connectivity index (χ4n) is 4.34. The van der Waals surface area contributed by atoms with Crippen molar-refractivity contribution in [2.45, 2.75) is 26.3 Å². The number of fused-ring (bicyclic) bond motifs is 2. The molecule has 3 aromatic heterocycles. The van der Waals surface area contributed by atoms with E-state index in [0.29, 0.717) is 5.92 Å². The van der Waals surface area contributed by atoms with Gasteiger partial charge >= 0.3 is 0 Å². The van der Waals surface area contributed by atoms with Crippen LogP contribution in [0.5, 0.6) is 0 Å². The van der Waals surface area contributed by atoms with E-state index in [-0.39, 0.29) is 0 Å². The highest BCUT2D eigenvalue weighted by molar-refractivity contribution is 7.15. The molecule has 7 heteroatoms. The van der Waals surface area contributed by atoms with Gasteiger partial charge in [-0.2, -0.15) is 0 Å². The van der Waals surface area contributed by atoms with E-state index in [9.17, 15) is 0 Å². The number of anilines is 1. The summed E-state index contributed by atoms with van der Waals surface area (Å²) >= 11 is 1.70. The highest BCUT2D eigenvalue weighted by atomic mass is 32.1. The fourth-order valence-corrected chi connectivity index (χ4v) is 5.06. The molecule has 0 aromatic carbocycles. The van der Waals surface area contributed by atoms with Crippen molar-refractivity contribution < 1.29 is 0 Å². The van der Waals surface area contributed by atoms with Gasteiger partial charge in [0, 0.05) is 62.3 Å². The Morgan fingerprint density at radius 3 is 2.69 bits per heavy atom. The van der Waals surface area contributed by atoms with Crippen molar-refractivity contribution in [3.8, 4) is 0 Å². The maximum absolute atomic E-state index is 4.73. The summed E-state index contributed by atoms with van der Waals surface area (Å²) in [4.78, 5) is 19.8. The number of aromatic nitrogens is 4. The normalized spacial score (nSPS) is 23.4. The second kappa shape index (κ2) is 6.32. The zero-order valence-corrected chi connectivity index (χ0v) is 16.1. The molecule has 0 radical (unpaired) electrons. The third-order valence-electron chi connectivity index (χ3n) is 5.68. The van der Waals surface area contributed by atoms with E-state index in [1.807, 2.05) is 0 Å². The first-order valence-corrected chi connectivity index (χ1v) is 10.2. The molecule has 0 amide bonds. The number of likely N-dealkylation sites (tertiary alicyclic amines) is 1. The minimum Gasteiger partial charge on any atom is -0.356 e. The van der Waals surface area contributed by atoms with Crippen LogP contribution >= 0.6 is 11.3 Å². The summed E-state index contributed by atoms with van der Waals surface area (Å²) < 4.78 is 2.13. The van der Waals surface area contributed by atoms with Crippen LogP contribution in [0.1, 0.15) is 31.2 Å². The van der Waals surface area contributed by atoms with Gasteiger partial charge in [0.1, 0.15) is 12.1 Å². The average molecular weight is 369 g/mol. The number of hydrogen-bond acceptors (Lipinski definition) is 6. The Balaban J connectivity index is 1.23. The van der Waals surface area contributed by atoms with Crippen LogP contribution in [-0.4, -0.2) is 50.4 Å². The molecule has 6 nitrogen and oxygen atoms in total. The third-order valence-corrected chi connectivity index (χ3v) is 6.45. The first-order chi connectivity index (χ1) is 12.7. The predicted octanol–water partition coefficient (Wildman–Crippen LogP) is 2.88. The smallest absolute Gasteiger partial charge is 0.193 e. The van der Waals surface area contributed by atoms with Gasteiger partial charge in [0.2, 0.25) is 0 Å². The monoisotopic (exact) mass is 368 g/mol. The summed E-state index contributed by atoms with van der Waals surface area (Å²) in [6, 6.07) is 2.17. The quantitative estimate of drug-likeness (QED) is 0.709. The van der Waals surface area contributed by atoms with Crippen LogP contribution in [0.3, 0.4) is 0 Å². The van der Waals surface area contributed by atoms with E-state index in [1.165, 1.54) is 5.69 Å². The van der Waals surface area contributed by atoms with Crippen molar-refractivity contribution in [2.24, 2.45) is 11.8 Å². The Morgan fingerprint density at radius 2 is 1.96 bits per heavy atom. The lowest BCUT2D eigenvalue weighted by atomic mass is 10.0. The standard InChI is InChI=1S/C19H24N6S/c1-13(2)17-5-18(21-12-20-17)25-8-14-6-23(7-15(14)9-25)10-16-11-24-3-4-26-19(24)22-16/h3-5,11-15H,6-10H2,1-2H3. The van der Waals surface area contributed by atoms with Crippen molar-refractivity contribution in [1.82, 2.24) is 24.3 Å². The molecule has 0 aliphatic carbocycles. The molecule has 3 aromatic rings. The summed E-state index contributed by atoms with van der Waals surface area (Å²) in [7, 11) is 0. The molecule has 0 spiro atoms. The lowest BCUT2D eigenvalue weighted by Crippen LogP contribution is -2.29. The molecule has 2 unspecified atom stereocenters. The lowest BCUT2D eigenvalue weighted by molar-refractivity contribution is 0.305. The molecule has 2 atom stereocenters. The number of hydrogen-bond donors (Lipinski definition) is 0. The van der Waals surface area contributed by atoms with Crippen LogP contribution < -0.4 is 4.90 Å². The second-order valence-corrected chi connectivity index (χ2v) is 8.77. The molecule has 26 heavy (non-hydrogen) atoms. The van der Waals surface area contributed by atoms with Crippen molar-refractivity contribution in [3.05, 3.63) is 41.6 Å². The summed E-state index contributed by atoms with van der Waals surface area (Å²) in [5, 5.41) is 2.08. The van der Waals surface area contributed by atoms with Gasteiger partial charge < -0.3 is 4.90 Å². The van der Waals surface area contributed by atoms with Gasteiger partial charge in [0.25, 0.3) is 0 Å². The second-order valence-electron chi connectivity index (χ2n) is 7.90. The van der Waals surface area contributed by atoms with Crippen LogP contribution in [-0.2, 0) is 6.54 Å². The molecule has 5 heterocycles. The molecular formula is C19H24N6S. The Labute approximate surface area is 157 Å². The Hall–Kier alpha value is -1.99. The minimum atomic E-state index is 0.443. The van der Waals surface area contributed by atoms with Gasteiger partial charge in [-0.25, -0.2) is 15.0 Å². The largest absolute Gasteiger partial charge is 0.356 e. The highest BCUT2D eigenvalue weighted by Gasteiger charge is 2.40. The van der Waals surface area contributed by atoms with Crippen molar-refractivity contribution >= 4 is 22.1 Å². The SMILES string of the molecule is CC(C)c1cc(N2CC3CN(Cc4cn5ccsc5n4)CC3C2)ncn1. The van der Waals surface area contributed by atoms with Gasteiger partial charge in [-0.05, 0) is 17.8 Å². The molecule has 2 aliphatic heterocycles. The number of rotatable bonds is 4. The van der Waals surface area contributed by atoms with E-state index >= 15 is 0 Å². The summed E-state index contributed by atoms with van der Waals surface area (Å²) in [5.74, 6) is 3.00. The van der Waals surface area contributed by atoms with E-state index < -0.39 is 0 Å². The van der Waals surface area contributed by atoms with Gasteiger partial charge in [-0.15, -0.1) is 11.3 Å². The van der Waals surface area contributed by atoms with Crippen LogP contribution in [0.2, 0.25) is 0 Å². The zero-order valence-electron chi connectivity index (χ0n) is 15.2. The van der Waals surface area contributed by atoms with Gasteiger partial charge in [-0.1, -0.05) is 13.8 Å². The lowest BCUT2D eigenvalue weighted by Gasteiger charge is -2.22. The molecule has 2 saturated heterocycles. The minimum absolute atomic E-state index is 0.443. The Kier molecular flexibility index (Phi) is 3.94. The molecule has 0 bridgehead atoms. The Morgan fingerprint density at radius 1 is 1.15 bits per heavy atom. The van der Waals surface area contributed by atoms with Gasteiger partial charge in [-0.3, -0.25) is 9.30 Å². The van der Waals surface area contributed by atoms with Crippen molar-refractivity contribution in [2.75, 3.05) is 31.1 Å². The van der Waals surface area contributed by atoms with E-state index in [2.05, 4.69) is 61.9 Å². The van der Waals surface area contributed by atoms with E-state index in [4.69, 9.17) is 4.98 Å². The number of nitrogens with zero attached hydrogens (tertiary/aromatic N) is 6. The maximum atomic E-state index is 4.73. The average Bonchev–Trinajstić information content (AvgIpc) is 3.34. The molecule has 0 N–H and O–H groups in total. The van der Waals surface area contributed by atoms with Crippen molar-refractivity contribution in [3.63, 3.8) is 0 Å². The van der Waals surface area contributed by atoms with Crippen LogP contribution in [0.15, 0.2) is 30.2 Å². The summed E-state index contributed by atoms with van der Waals surface area (Å²) in [5.41, 5.74) is 2.32. The van der Waals surface area contributed by atoms with Crippen LogP contribution in [0, 0.1) is 11.8 Å². The molecule has 2 fully saturated rings. The fraction of sp³-hybridized carbons (Fsp3) is 0.526. The molecule has 0 saturated carbocycles. The van der Waals surface area contributed by atoms with E-state index in [0.717, 1.165) is 61.0 Å². The molecule has 2 aliphatic rings. The summed E-state index contributed by atoms with van der Waals surface area (Å²) in [6.07, 6.45) is 5.97. The number of imidazole rings is 1. The zero-order chi connectivity index (χ0) is 17.7. The summed E-state index contributed by atoms with van der Waals surface area (Å²) in [6.45, 7) is 9.86. The first-order valence-electron chi connectivity index (χ1n) is 9.36. The number of thiazole rings is 1. The van der Waals surface area contributed by atoms with Gasteiger partial charge in [0.15, 0.2) is 4.96 Å². The van der Waals surface area contributed by atoms with Gasteiger partial charge in [0.05, 0.1) is 5.69 Å². The molecular weight excluding hydrogens is 344 g/mol. The molecule has 136 valence electrons. The van der Waals surface area contributed by atoms with Crippen LogP contribution in [0.4, 0.5) is 5.82 Å². The first kappa shape index (κ1) is 16.2. The third kappa shape index (κ3) is 2.89. The predicted molar refractivity (Wildman–Crippen MR) is 104 cm³/mol.